The molecule has 162 valence electrons. The number of anilines is 1. The standard InChI is InChI=1S/C25H22N8/c1-17(2)31-22-10-24(33-25-21(14-30-33)9-19(11-26)12-28-25)27-15-23(22)32-16-20(13-29-32)8-18-6-4-3-5-7-18/h3-7,9-10,12-17H,8H2,1-2H3,(H,27,31). The molecular weight excluding hydrogens is 412 g/mol. The Morgan fingerprint density at radius 2 is 1.82 bits per heavy atom. The second-order valence-corrected chi connectivity index (χ2v) is 8.12. The predicted molar refractivity (Wildman–Crippen MR) is 127 cm³/mol. The molecule has 0 saturated carbocycles. The normalized spacial score (nSPS) is 11.1. The van der Waals surface area contributed by atoms with E-state index in [1.54, 1.807) is 29.3 Å². The minimum atomic E-state index is 0.212. The first-order chi connectivity index (χ1) is 16.1. The minimum absolute atomic E-state index is 0.212. The lowest BCUT2D eigenvalue weighted by Gasteiger charge is -2.16. The van der Waals surface area contributed by atoms with E-state index in [-0.39, 0.29) is 6.04 Å². The van der Waals surface area contributed by atoms with Gasteiger partial charge in [-0.15, -0.1) is 0 Å². The summed E-state index contributed by atoms with van der Waals surface area (Å²) in [7, 11) is 0. The van der Waals surface area contributed by atoms with Gasteiger partial charge in [0.05, 0.1) is 29.8 Å². The monoisotopic (exact) mass is 434 g/mol. The summed E-state index contributed by atoms with van der Waals surface area (Å²) in [6, 6.07) is 16.4. The van der Waals surface area contributed by atoms with Gasteiger partial charge in [-0.2, -0.15) is 20.1 Å². The van der Waals surface area contributed by atoms with E-state index >= 15 is 0 Å². The summed E-state index contributed by atoms with van der Waals surface area (Å²) in [5.41, 5.74) is 5.25. The molecule has 5 aromatic rings. The van der Waals surface area contributed by atoms with Gasteiger partial charge < -0.3 is 5.32 Å². The summed E-state index contributed by atoms with van der Waals surface area (Å²) < 4.78 is 3.52. The van der Waals surface area contributed by atoms with Gasteiger partial charge >= 0.3 is 0 Å². The van der Waals surface area contributed by atoms with Gasteiger partial charge in [-0.05, 0) is 31.0 Å². The lowest BCUT2D eigenvalue weighted by atomic mass is 10.1. The van der Waals surface area contributed by atoms with Crippen LogP contribution in [0.1, 0.15) is 30.5 Å². The van der Waals surface area contributed by atoms with Crippen molar-refractivity contribution in [1.82, 2.24) is 29.5 Å². The van der Waals surface area contributed by atoms with E-state index in [4.69, 9.17) is 5.26 Å². The molecule has 0 spiro atoms. The van der Waals surface area contributed by atoms with Crippen molar-refractivity contribution in [2.24, 2.45) is 0 Å². The van der Waals surface area contributed by atoms with Crippen LogP contribution in [0.2, 0.25) is 0 Å². The fourth-order valence-electron chi connectivity index (χ4n) is 3.73. The highest BCUT2D eigenvalue weighted by Crippen LogP contribution is 2.25. The van der Waals surface area contributed by atoms with E-state index in [1.807, 2.05) is 41.3 Å². The SMILES string of the molecule is CC(C)Nc1cc(-n2ncc3cc(C#N)cnc32)ncc1-n1cc(Cc2ccccc2)cn1. The molecule has 4 aromatic heterocycles. The van der Waals surface area contributed by atoms with Crippen molar-refractivity contribution >= 4 is 16.7 Å². The number of hydrogen-bond acceptors (Lipinski definition) is 6. The predicted octanol–water partition coefficient (Wildman–Crippen LogP) is 4.28. The molecule has 0 unspecified atom stereocenters. The summed E-state index contributed by atoms with van der Waals surface area (Å²) in [6.07, 6.45) is 9.75. The second-order valence-electron chi connectivity index (χ2n) is 8.12. The van der Waals surface area contributed by atoms with Crippen molar-refractivity contribution in [3.63, 3.8) is 0 Å². The highest BCUT2D eigenvalue weighted by atomic mass is 15.3. The van der Waals surface area contributed by atoms with Gasteiger partial charge in [0.15, 0.2) is 11.5 Å². The lowest BCUT2D eigenvalue weighted by molar-refractivity contribution is 0.831. The van der Waals surface area contributed by atoms with E-state index in [1.165, 1.54) is 5.56 Å². The van der Waals surface area contributed by atoms with Crippen molar-refractivity contribution in [2.45, 2.75) is 26.3 Å². The van der Waals surface area contributed by atoms with Crippen molar-refractivity contribution in [3.8, 4) is 17.6 Å². The fourth-order valence-corrected chi connectivity index (χ4v) is 3.73. The molecule has 0 amide bonds. The summed E-state index contributed by atoms with van der Waals surface area (Å²) in [4.78, 5) is 9.05. The van der Waals surface area contributed by atoms with Gasteiger partial charge in [-0.1, -0.05) is 30.3 Å². The molecule has 0 aliphatic heterocycles. The summed E-state index contributed by atoms with van der Waals surface area (Å²) >= 11 is 0. The molecule has 0 aliphatic carbocycles. The Kier molecular flexibility index (Phi) is 5.29. The molecule has 1 aromatic carbocycles. The third kappa shape index (κ3) is 4.16. The summed E-state index contributed by atoms with van der Waals surface area (Å²) in [6.45, 7) is 4.17. The first kappa shape index (κ1) is 20.4. The summed E-state index contributed by atoms with van der Waals surface area (Å²) in [5, 5.41) is 22.4. The topological polar surface area (TPSA) is 97.2 Å². The molecule has 1 N–H and O–H groups in total. The Hall–Kier alpha value is -4.51. The third-order valence-electron chi connectivity index (χ3n) is 5.20. The summed E-state index contributed by atoms with van der Waals surface area (Å²) in [5.74, 6) is 0.630. The van der Waals surface area contributed by atoms with Crippen LogP contribution in [0.25, 0.3) is 22.5 Å². The van der Waals surface area contributed by atoms with Crippen LogP contribution in [-0.4, -0.2) is 35.6 Å². The van der Waals surface area contributed by atoms with Crippen LogP contribution in [0.5, 0.6) is 0 Å². The van der Waals surface area contributed by atoms with E-state index in [0.717, 1.165) is 28.7 Å². The zero-order valence-electron chi connectivity index (χ0n) is 18.3. The van der Waals surface area contributed by atoms with Crippen molar-refractivity contribution < 1.29 is 0 Å². The number of hydrogen-bond donors (Lipinski definition) is 1. The van der Waals surface area contributed by atoms with E-state index in [9.17, 15) is 0 Å². The number of aromatic nitrogens is 6. The smallest absolute Gasteiger partial charge is 0.164 e. The average Bonchev–Trinajstić information content (AvgIpc) is 3.46. The van der Waals surface area contributed by atoms with Gasteiger partial charge in [0.2, 0.25) is 0 Å². The zero-order chi connectivity index (χ0) is 22.8. The van der Waals surface area contributed by atoms with Gasteiger partial charge in [-0.25, -0.2) is 14.6 Å². The average molecular weight is 435 g/mol. The molecule has 8 heteroatoms. The molecule has 0 fully saturated rings. The number of nitriles is 1. The molecule has 8 nitrogen and oxygen atoms in total. The Labute approximate surface area is 191 Å². The number of pyridine rings is 2. The number of rotatable bonds is 6. The molecule has 0 radical (unpaired) electrons. The zero-order valence-corrected chi connectivity index (χ0v) is 18.3. The Morgan fingerprint density at radius 3 is 2.61 bits per heavy atom. The molecular formula is C25H22N8. The van der Waals surface area contributed by atoms with Crippen LogP contribution in [0.3, 0.4) is 0 Å². The first-order valence-corrected chi connectivity index (χ1v) is 10.7. The minimum Gasteiger partial charge on any atom is -0.381 e. The van der Waals surface area contributed by atoms with Crippen LogP contribution in [-0.2, 0) is 6.42 Å². The first-order valence-electron chi connectivity index (χ1n) is 10.7. The maximum atomic E-state index is 9.12. The van der Waals surface area contributed by atoms with Crippen molar-refractivity contribution in [1.29, 1.82) is 5.26 Å². The number of nitrogens with one attached hydrogen (secondary N) is 1. The Morgan fingerprint density at radius 1 is 0.970 bits per heavy atom. The maximum Gasteiger partial charge on any atom is 0.164 e. The van der Waals surface area contributed by atoms with Gasteiger partial charge in [0.25, 0.3) is 0 Å². The molecule has 0 aliphatic rings. The van der Waals surface area contributed by atoms with Crippen LogP contribution in [0, 0.1) is 11.3 Å². The fraction of sp³-hybridized carbons (Fsp3) is 0.160. The van der Waals surface area contributed by atoms with E-state index in [0.29, 0.717) is 17.0 Å². The highest BCUT2D eigenvalue weighted by molar-refractivity contribution is 5.77. The van der Waals surface area contributed by atoms with Crippen LogP contribution in [0.4, 0.5) is 5.69 Å². The second kappa shape index (κ2) is 8.55. The molecule has 0 saturated heterocycles. The molecule has 4 heterocycles. The van der Waals surface area contributed by atoms with Gasteiger partial charge in [-0.3, -0.25) is 0 Å². The largest absolute Gasteiger partial charge is 0.381 e. The molecule has 0 atom stereocenters. The Balaban J connectivity index is 1.52. The van der Waals surface area contributed by atoms with Crippen LogP contribution in [0.15, 0.2) is 73.4 Å². The molecule has 0 bridgehead atoms. The van der Waals surface area contributed by atoms with Crippen molar-refractivity contribution in [3.05, 3.63) is 90.1 Å². The number of fused-ring (bicyclic) bond motifs is 1. The lowest BCUT2D eigenvalue weighted by Crippen LogP contribution is -2.14. The van der Waals surface area contributed by atoms with E-state index < -0.39 is 0 Å². The number of nitrogens with zero attached hydrogens (tertiary/aromatic N) is 7. The Bertz CT molecular complexity index is 1460. The van der Waals surface area contributed by atoms with Crippen molar-refractivity contribution in [2.75, 3.05) is 5.32 Å². The highest BCUT2D eigenvalue weighted by Gasteiger charge is 2.14. The van der Waals surface area contributed by atoms with Gasteiger partial charge in [0.1, 0.15) is 11.8 Å². The number of benzene rings is 1. The maximum absolute atomic E-state index is 9.12. The third-order valence-corrected chi connectivity index (χ3v) is 5.20. The molecule has 33 heavy (non-hydrogen) atoms. The van der Waals surface area contributed by atoms with Crippen LogP contribution >= 0.6 is 0 Å². The quantitative estimate of drug-likeness (QED) is 0.428. The van der Waals surface area contributed by atoms with Gasteiger partial charge in [0, 0.05) is 36.3 Å². The van der Waals surface area contributed by atoms with E-state index in [2.05, 4.69) is 57.5 Å². The van der Waals surface area contributed by atoms with Crippen LogP contribution < -0.4 is 5.32 Å². The molecule has 5 rings (SSSR count).